The van der Waals surface area contributed by atoms with Crippen LogP contribution in [0.15, 0.2) is 0 Å². The topological polar surface area (TPSA) is 35.5 Å². The molecule has 8 atom stereocenters. The summed E-state index contributed by atoms with van der Waals surface area (Å²) in [7, 11) is 0. The first-order valence-corrected chi connectivity index (χ1v) is 11.8. The van der Waals surface area contributed by atoms with E-state index < -0.39 is 0 Å². The van der Waals surface area contributed by atoms with Crippen LogP contribution < -0.4 is 0 Å². The van der Waals surface area contributed by atoms with Crippen LogP contribution in [0.2, 0.25) is 0 Å². The Morgan fingerprint density at radius 2 is 1.78 bits per heavy atom. The average molecular weight is 375 g/mol. The van der Waals surface area contributed by atoms with Gasteiger partial charge in [-0.1, -0.05) is 13.8 Å². The van der Waals surface area contributed by atoms with Gasteiger partial charge < -0.3 is 9.47 Å². The lowest BCUT2D eigenvalue weighted by atomic mass is 9.45. The standard InChI is InChI=1S/C24H38O3/c1-23-12-10-17(25)15-16(23)6-7-18-19-8-9-21(24(19,2)13-11-20(18)23)27-22-5-3-4-14-26-22/h16,18-22H,3-15H2,1-2H3/t16-,18-,19-,20-,21-,22?,23-,24-/m0/s1. The highest BCUT2D eigenvalue weighted by Crippen LogP contribution is 2.66. The lowest BCUT2D eigenvalue weighted by Crippen LogP contribution is -2.54. The summed E-state index contributed by atoms with van der Waals surface area (Å²) in [6, 6.07) is 0. The molecule has 0 aromatic heterocycles. The molecular weight excluding hydrogens is 336 g/mol. The van der Waals surface area contributed by atoms with Gasteiger partial charge in [0.05, 0.1) is 6.10 Å². The van der Waals surface area contributed by atoms with Crippen molar-refractivity contribution >= 4 is 5.78 Å². The largest absolute Gasteiger partial charge is 0.353 e. The number of ketones is 1. The molecule has 5 fully saturated rings. The number of carbonyl (C=O) groups is 1. The van der Waals surface area contributed by atoms with Crippen LogP contribution in [0.3, 0.4) is 0 Å². The van der Waals surface area contributed by atoms with Crippen molar-refractivity contribution in [2.75, 3.05) is 6.61 Å². The van der Waals surface area contributed by atoms with E-state index >= 15 is 0 Å². The second-order valence-electron chi connectivity index (χ2n) is 10.9. The molecular formula is C24H38O3. The molecule has 152 valence electrons. The lowest BCUT2D eigenvalue weighted by molar-refractivity contribution is -0.218. The summed E-state index contributed by atoms with van der Waals surface area (Å²) >= 11 is 0. The van der Waals surface area contributed by atoms with E-state index in [9.17, 15) is 4.79 Å². The Kier molecular flexibility index (Phi) is 4.71. The van der Waals surface area contributed by atoms with Crippen molar-refractivity contribution in [2.24, 2.45) is 34.5 Å². The van der Waals surface area contributed by atoms with Crippen LogP contribution in [0.25, 0.3) is 0 Å². The first-order valence-electron chi connectivity index (χ1n) is 11.8. The summed E-state index contributed by atoms with van der Waals surface area (Å²) in [5.74, 6) is 3.71. The number of carbonyl (C=O) groups excluding carboxylic acids is 1. The highest BCUT2D eigenvalue weighted by atomic mass is 16.7. The van der Waals surface area contributed by atoms with Gasteiger partial charge in [-0.2, -0.15) is 0 Å². The average Bonchev–Trinajstić information content (AvgIpc) is 3.00. The molecule has 0 bridgehead atoms. The molecule has 0 aromatic carbocycles. The third kappa shape index (κ3) is 2.94. The summed E-state index contributed by atoms with van der Waals surface area (Å²) in [6.07, 6.45) is 14.7. The van der Waals surface area contributed by atoms with Gasteiger partial charge in [0.15, 0.2) is 6.29 Å². The molecule has 0 spiro atoms. The molecule has 3 nitrogen and oxygen atoms in total. The van der Waals surface area contributed by atoms with Crippen LogP contribution in [0.4, 0.5) is 0 Å². The van der Waals surface area contributed by atoms with Gasteiger partial charge in [-0.05, 0) is 98.7 Å². The molecule has 5 aliphatic rings. The van der Waals surface area contributed by atoms with E-state index in [2.05, 4.69) is 13.8 Å². The molecule has 0 amide bonds. The molecule has 1 heterocycles. The molecule has 27 heavy (non-hydrogen) atoms. The monoisotopic (exact) mass is 374 g/mol. The molecule has 5 rings (SSSR count). The van der Waals surface area contributed by atoms with Crippen LogP contribution in [-0.4, -0.2) is 24.8 Å². The third-order valence-corrected chi connectivity index (χ3v) is 9.85. The predicted molar refractivity (Wildman–Crippen MR) is 105 cm³/mol. The summed E-state index contributed by atoms with van der Waals surface area (Å²) in [5, 5.41) is 0. The number of hydrogen-bond donors (Lipinski definition) is 0. The van der Waals surface area contributed by atoms with Crippen molar-refractivity contribution in [1.82, 2.24) is 0 Å². The van der Waals surface area contributed by atoms with Gasteiger partial charge in [0.25, 0.3) is 0 Å². The second-order valence-corrected chi connectivity index (χ2v) is 10.9. The van der Waals surface area contributed by atoms with Gasteiger partial charge in [0.2, 0.25) is 0 Å². The number of fused-ring (bicyclic) bond motifs is 5. The van der Waals surface area contributed by atoms with Crippen LogP contribution in [0.1, 0.15) is 90.9 Å². The summed E-state index contributed by atoms with van der Waals surface area (Å²) in [4.78, 5) is 12.1. The Morgan fingerprint density at radius 1 is 0.926 bits per heavy atom. The number of ether oxygens (including phenoxy) is 2. The van der Waals surface area contributed by atoms with Gasteiger partial charge >= 0.3 is 0 Å². The minimum atomic E-state index is 0.0506. The minimum Gasteiger partial charge on any atom is -0.353 e. The van der Waals surface area contributed by atoms with Gasteiger partial charge in [0, 0.05) is 19.4 Å². The van der Waals surface area contributed by atoms with Gasteiger partial charge in [-0.3, -0.25) is 4.79 Å². The number of hydrogen-bond acceptors (Lipinski definition) is 3. The lowest BCUT2D eigenvalue weighted by Gasteiger charge is -2.60. The Morgan fingerprint density at radius 3 is 2.59 bits per heavy atom. The fourth-order valence-corrected chi connectivity index (χ4v) is 8.22. The molecule has 4 saturated carbocycles. The predicted octanol–water partition coefficient (Wildman–Crippen LogP) is 5.51. The molecule has 0 radical (unpaired) electrons. The minimum absolute atomic E-state index is 0.0506. The van der Waals surface area contributed by atoms with Gasteiger partial charge in [0.1, 0.15) is 5.78 Å². The molecule has 3 heteroatoms. The first kappa shape index (κ1) is 18.6. The van der Waals surface area contributed by atoms with E-state index in [4.69, 9.17) is 9.47 Å². The summed E-state index contributed by atoms with van der Waals surface area (Å²) in [5.41, 5.74) is 0.763. The van der Waals surface area contributed by atoms with Crippen molar-refractivity contribution < 1.29 is 14.3 Å². The fraction of sp³-hybridized carbons (Fsp3) is 0.958. The van der Waals surface area contributed by atoms with E-state index in [1.165, 1.54) is 51.4 Å². The number of Topliss-reactive ketones (excluding diaryl/α,β-unsaturated/α-hetero) is 1. The van der Waals surface area contributed by atoms with Crippen LogP contribution in [0, 0.1) is 34.5 Å². The highest BCUT2D eigenvalue weighted by Gasteiger charge is 2.60. The zero-order chi connectivity index (χ0) is 18.6. The van der Waals surface area contributed by atoms with Crippen molar-refractivity contribution in [2.45, 2.75) is 103 Å². The number of rotatable bonds is 2. The van der Waals surface area contributed by atoms with Crippen molar-refractivity contribution in [3.05, 3.63) is 0 Å². The Bertz CT molecular complexity index is 582. The van der Waals surface area contributed by atoms with E-state index in [0.717, 1.165) is 50.0 Å². The molecule has 4 aliphatic carbocycles. The molecule has 0 N–H and O–H groups in total. The zero-order valence-electron chi connectivity index (χ0n) is 17.4. The Balaban J connectivity index is 1.33. The molecule has 1 saturated heterocycles. The van der Waals surface area contributed by atoms with Gasteiger partial charge in [-0.15, -0.1) is 0 Å². The summed E-state index contributed by atoms with van der Waals surface area (Å²) < 4.78 is 12.5. The van der Waals surface area contributed by atoms with E-state index in [-0.39, 0.29) is 6.29 Å². The molecule has 0 aromatic rings. The maximum absolute atomic E-state index is 12.1. The SMILES string of the molecule is C[C@]12CCC(=O)C[C@@H]1CC[C@@H]1[C@@H]2CC[C@]2(C)[C@@H](OC3CCCCO3)CC[C@@H]12. The first-order chi connectivity index (χ1) is 13.0. The molecule has 1 aliphatic heterocycles. The maximum atomic E-state index is 12.1. The van der Waals surface area contributed by atoms with Crippen LogP contribution in [-0.2, 0) is 14.3 Å². The normalized spacial score (nSPS) is 52.7. The highest BCUT2D eigenvalue weighted by molar-refractivity contribution is 5.79. The second kappa shape index (κ2) is 6.83. The van der Waals surface area contributed by atoms with Crippen LogP contribution in [0.5, 0.6) is 0 Å². The Labute approximate surface area is 164 Å². The van der Waals surface area contributed by atoms with Crippen molar-refractivity contribution in [1.29, 1.82) is 0 Å². The smallest absolute Gasteiger partial charge is 0.157 e. The third-order valence-electron chi connectivity index (χ3n) is 9.85. The fourth-order valence-electron chi connectivity index (χ4n) is 8.22. The maximum Gasteiger partial charge on any atom is 0.157 e. The van der Waals surface area contributed by atoms with Crippen molar-refractivity contribution in [3.8, 4) is 0 Å². The van der Waals surface area contributed by atoms with E-state index in [1.54, 1.807) is 0 Å². The van der Waals surface area contributed by atoms with Crippen molar-refractivity contribution in [3.63, 3.8) is 0 Å². The summed E-state index contributed by atoms with van der Waals surface area (Å²) in [6.45, 7) is 5.95. The van der Waals surface area contributed by atoms with E-state index in [1.807, 2.05) is 0 Å². The van der Waals surface area contributed by atoms with Crippen LogP contribution >= 0.6 is 0 Å². The Hall–Kier alpha value is -0.410. The quantitative estimate of drug-likeness (QED) is 0.639. The van der Waals surface area contributed by atoms with E-state index in [0.29, 0.717) is 28.6 Å². The zero-order valence-corrected chi connectivity index (χ0v) is 17.4. The molecule has 1 unspecified atom stereocenters. The van der Waals surface area contributed by atoms with Gasteiger partial charge in [-0.25, -0.2) is 0 Å².